The smallest absolute Gasteiger partial charge is 0.411 e. The number of amides is 1. The number of carbonyl (C=O) groups excluding carboxylic acids is 1. The third kappa shape index (κ3) is 4.10. The summed E-state index contributed by atoms with van der Waals surface area (Å²) in [6, 6.07) is 5.13. The Bertz CT molecular complexity index is 368. The third-order valence-corrected chi connectivity index (χ3v) is 2.43. The van der Waals surface area contributed by atoms with Crippen molar-refractivity contribution < 1.29 is 9.53 Å². The second kappa shape index (κ2) is 5.37. The molecular formula is C10H11BrClNO2. The Hall–Kier alpha value is -0.740. The van der Waals surface area contributed by atoms with Crippen molar-refractivity contribution in [1.82, 2.24) is 0 Å². The van der Waals surface area contributed by atoms with Gasteiger partial charge in [0.15, 0.2) is 0 Å². The lowest BCUT2D eigenvalue weighted by Gasteiger charge is -2.10. The number of hydrogen-bond donors (Lipinski definition) is 1. The fraction of sp³-hybridized carbons (Fsp3) is 0.300. The van der Waals surface area contributed by atoms with Gasteiger partial charge in [-0.25, -0.2) is 4.79 Å². The van der Waals surface area contributed by atoms with Gasteiger partial charge in [-0.3, -0.25) is 5.32 Å². The van der Waals surface area contributed by atoms with Gasteiger partial charge in [0, 0.05) is 9.50 Å². The minimum atomic E-state index is -0.493. The summed E-state index contributed by atoms with van der Waals surface area (Å²) < 4.78 is 5.69. The molecule has 1 rings (SSSR count). The van der Waals surface area contributed by atoms with Crippen molar-refractivity contribution in [3.63, 3.8) is 0 Å². The summed E-state index contributed by atoms with van der Waals surface area (Å²) in [6.45, 7) is 3.57. The third-order valence-electron chi connectivity index (χ3n) is 1.51. The predicted octanol–water partition coefficient (Wildman–Crippen LogP) is 4.06. The van der Waals surface area contributed by atoms with Crippen LogP contribution in [0.25, 0.3) is 0 Å². The summed E-state index contributed by atoms with van der Waals surface area (Å²) >= 11 is 9.09. The maximum Gasteiger partial charge on any atom is 0.411 e. The molecule has 0 heterocycles. The van der Waals surface area contributed by atoms with Crippen molar-refractivity contribution in [1.29, 1.82) is 0 Å². The standard InChI is InChI=1S/C10H11BrClNO2/c1-6(2)15-10(14)13-9-5-7(12)3-4-8(9)11/h3-6H,1-2H3,(H,13,14). The first-order chi connectivity index (χ1) is 6.99. The summed E-state index contributed by atoms with van der Waals surface area (Å²) in [5, 5.41) is 3.14. The predicted molar refractivity (Wildman–Crippen MR) is 64.4 cm³/mol. The van der Waals surface area contributed by atoms with Crippen molar-refractivity contribution in [2.24, 2.45) is 0 Å². The minimum absolute atomic E-state index is 0.150. The molecule has 5 heteroatoms. The van der Waals surface area contributed by atoms with Crippen LogP contribution in [0.3, 0.4) is 0 Å². The van der Waals surface area contributed by atoms with E-state index in [-0.39, 0.29) is 6.10 Å². The highest BCUT2D eigenvalue weighted by molar-refractivity contribution is 9.10. The molecule has 1 amide bonds. The zero-order valence-electron chi connectivity index (χ0n) is 8.38. The maximum atomic E-state index is 11.3. The Labute approximate surface area is 102 Å². The molecule has 0 saturated carbocycles. The number of anilines is 1. The molecule has 0 fully saturated rings. The molecule has 0 aliphatic carbocycles. The zero-order valence-corrected chi connectivity index (χ0v) is 10.7. The topological polar surface area (TPSA) is 38.3 Å². The summed E-state index contributed by atoms with van der Waals surface area (Å²) in [4.78, 5) is 11.3. The molecule has 0 atom stereocenters. The first kappa shape index (κ1) is 12.3. The second-order valence-corrected chi connectivity index (χ2v) is 4.49. The van der Waals surface area contributed by atoms with Gasteiger partial charge in [0.1, 0.15) is 0 Å². The van der Waals surface area contributed by atoms with Gasteiger partial charge in [-0.15, -0.1) is 0 Å². The highest BCUT2D eigenvalue weighted by atomic mass is 79.9. The lowest BCUT2D eigenvalue weighted by Crippen LogP contribution is -2.18. The molecule has 0 aromatic heterocycles. The monoisotopic (exact) mass is 291 g/mol. The molecule has 3 nitrogen and oxygen atoms in total. The molecule has 1 N–H and O–H groups in total. The van der Waals surface area contributed by atoms with Gasteiger partial charge in [0.05, 0.1) is 11.8 Å². The Morgan fingerprint density at radius 1 is 1.53 bits per heavy atom. The van der Waals surface area contributed by atoms with Crippen molar-refractivity contribution in [2.75, 3.05) is 5.32 Å². The molecule has 1 aromatic carbocycles. The molecule has 1 aromatic rings. The van der Waals surface area contributed by atoms with Crippen LogP contribution in [0.4, 0.5) is 10.5 Å². The van der Waals surface area contributed by atoms with E-state index in [9.17, 15) is 4.79 Å². The average Bonchev–Trinajstić information content (AvgIpc) is 2.10. The molecular weight excluding hydrogens is 281 g/mol. The maximum absolute atomic E-state index is 11.3. The lowest BCUT2D eigenvalue weighted by atomic mass is 10.3. The number of ether oxygens (including phenoxy) is 1. The van der Waals surface area contributed by atoms with Crippen molar-refractivity contribution in [3.8, 4) is 0 Å². The summed E-state index contributed by atoms with van der Waals surface area (Å²) in [7, 11) is 0. The van der Waals surface area contributed by atoms with E-state index in [4.69, 9.17) is 16.3 Å². The fourth-order valence-electron chi connectivity index (χ4n) is 0.947. The zero-order chi connectivity index (χ0) is 11.4. The Morgan fingerprint density at radius 3 is 2.80 bits per heavy atom. The largest absolute Gasteiger partial charge is 0.447 e. The Balaban J connectivity index is 2.71. The number of hydrogen-bond acceptors (Lipinski definition) is 2. The Kier molecular flexibility index (Phi) is 4.42. The van der Waals surface area contributed by atoms with Crippen LogP contribution < -0.4 is 5.32 Å². The van der Waals surface area contributed by atoms with Gasteiger partial charge >= 0.3 is 6.09 Å². The van der Waals surface area contributed by atoms with Gasteiger partial charge in [0.2, 0.25) is 0 Å². The molecule has 15 heavy (non-hydrogen) atoms. The molecule has 0 saturated heterocycles. The average molecular weight is 293 g/mol. The highest BCUT2D eigenvalue weighted by Crippen LogP contribution is 2.25. The van der Waals surface area contributed by atoms with Crippen LogP contribution in [-0.4, -0.2) is 12.2 Å². The minimum Gasteiger partial charge on any atom is -0.447 e. The van der Waals surface area contributed by atoms with E-state index in [0.717, 1.165) is 4.47 Å². The van der Waals surface area contributed by atoms with E-state index < -0.39 is 6.09 Å². The number of halogens is 2. The van der Waals surface area contributed by atoms with E-state index in [2.05, 4.69) is 21.2 Å². The molecule has 0 radical (unpaired) electrons. The number of benzene rings is 1. The Morgan fingerprint density at radius 2 is 2.20 bits per heavy atom. The van der Waals surface area contributed by atoms with Gasteiger partial charge in [-0.1, -0.05) is 11.6 Å². The summed E-state index contributed by atoms with van der Waals surface area (Å²) in [5.74, 6) is 0. The lowest BCUT2D eigenvalue weighted by molar-refractivity contribution is 0.130. The van der Waals surface area contributed by atoms with Crippen molar-refractivity contribution in [3.05, 3.63) is 27.7 Å². The van der Waals surface area contributed by atoms with Crippen molar-refractivity contribution in [2.45, 2.75) is 20.0 Å². The van der Waals surface area contributed by atoms with Gasteiger partial charge in [0.25, 0.3) is 0 Å². The second-order valence-electron chi connectivity index (χ2n) is 3.20. The molecule has 0 bridgehead atoms. The number of carbonyl (C=O) groups is 1. The summed E-state index contributed by atoms with van der Waals surface area (Å²) in [5.41, 5.74) is 0.591. The van der Waals surface area contributed by atoms with Crippen LogP contribution in [0.1, 0.15) is 13.8 Å². The van der Waals surface area contributed by atoms with Crippen molar-refractivity contribution >= 4 is 39.3 Å². The highest BCUT2D eigenvalue weighted by Gasteiger charge is 2.08. The molecule has 0 unspecified atom stereocenters. The first-order valence-electron chi connectivity index (χ1n) is 4.41. The SMILES string of the molecule is CC(C)OC(=O)Nc1cc(Cl)ccc1Br. The van der Waals surface area contributed by atoms with Crippen LogP contribution in [0.2, 0.25) is 5.02 Å². The van der Waals surface area contributed by atoms with Gasteiger partial charge < -0.3 is 4.74 Å². The van der Waals surface area contributed by atoms with Gasteiger partial charge in [-0.2, -0.15) is 0 Å². The molecule has 82 valence electrons. The van der Waals surface area contributed by atoms with Gasteiger partial charge in [-0.05, 0) is 48.0 Å². The van der Waals surface area contributed by atoms with Crippen LogP contribution in [0.5, 0.6) is 0 Å². The van der Waals surface area contributed by atoms with E-state index in [1.165, 1.54) is 0 Å². The molecule has 0 spiro atoms. The first-order valence-corrected chi connectivity index (χ1v) is 5.59. The number of nitrogens with one attached hydrogen (secondary N) is 1. The molecule has 0 aliphatic heterocycles. The molecule has 0 aliphatic rings. The van der Waals surface area contributed by atoms with E-state index in [1.54, 1.807) is 32.0 Å². The van der Waals surface area contributed by atoms with Crippen LogP contribution in [-0.2, 0) is 4.74 Å². The normalized spacial score (nSPS) is 10.2. The van der Waals surface area contributed by atoms with Crippen LogP contribution >= 0.6 is 27.5 Å². The van der Waals surface area contributed by atoms with Crippen LogP contribution in [0, 0.1) is 0 Å². The van der Waals surface area contributed by atoms with E-state index >= 15 is 0 Å². The van der Waals surface area contributed by atoms with Crippen LogP contribution in [0.15, 0.2) is 22.7 Å². The fourth-order valence-corrected chi connectivity index (χ4v) is 1.46. The van der Waals surface area contributed by atoms with E-state index in [0.29, 0.717) is 10.7 Å². The van der Waals surface area contributed by atoms with E-state index in [1.807, 2.05) is 0 Å². The summed E-state index contributed by atoms with van der Waals surface area (Å²) in [6.07, 6.45) is -0.643. The number of rotatable bonds is 2. The quantitative estimate of drug-likeness (QED) is 0.892.